The molecule has 0 fully saturated rings. The van der Waals surface area contributed by atoms with Gasteiger partial charge in [-0.2, -0.15) is 0 Å². The minimum absolute atomic E-state index is 0.300. The van der Waals surface area contributed by atoms with Gasteiger partial charge in [0.2, 0.25) is 0 Å². The number of benzene rings is 1. The third kappa shape index (κ3) is 2.44. The molecule has 0 saturated carbocycles. The second-order valence-electron chi connectivity index (χ2n) is 3.17. The van der Waals surface area contributed by atoms with Crippen LogP contribution in [-0.2, 0) is 0 Å². The van der Waals surface area contributed by atoms with Crippen molar-refractivity contribution in [3.8, 4) is 0 Å². The number of thiophene rings is 1. The molecular formula is C11H6BrClF2S. The summed E-state index contributed by atoms with van der Waals surface area (Å²) >= 11 is 10.5. The topological polar surface area (TPSA) is 0 Å². The first kappa shape index (κ1) is 12.0. The Morgan fingerprint density at radius 1 is 1.19 bits per heavy atom. The third-order valence-corrected chi connectivity index (χ3v) is 4.66. The quantitative estimate of drug-likeness (QED) is 0.669. The molecule has 0 amide bonds. The molecule has 0 aliphatic rings. The summed E-state index contributed by atoms with van der Waals surface area (Å²) in [6, 6.07) is 7.10. The Hall–Kier alpha value is -0.450. The Balaban J connectivity index is 2.37. The van der Waals surface area contributed by atoms with E-state index in [1.807, 2.05) is 6.07 Å². The number of hydrogen-bond acceptors (Lipinski definition) is 1. The number of hydrogen-bond donors (Lipinski definition) is 0. The fourth-order valence-electron chi connectivity index (χ4n) is 1.32. The highest BCUT2D eigenvalue weighted by Crippen LogP contribution is 2.37. The van der Waals surface area contributed by atoms with Crippen LogP contribution in [0.1, 0.15) is 15.3 Å². The van der Waals surface area contributed by atoms with Gasteiger partial charge in [-0.1, -0.05) is 33.6 Å². The SMILES string of the molecule is Fc1ccc(C(Br)c2ccc(Cl)s2)c(F)c1. The van der Waals surface area contributed by atoms with Gasteiger partial charge in [-0.3, -0.25) is 0 Å². The molecule has 0 spiro atoms. The van der Waals surface area contributed by atoms with E-state index in [9.17, 15) is 8.78 Å². The third-order valence-electron chi connectivity index (χ3n) is 2.08. The van der Waals surface area contributed by atoms with Gasteiger partial charge in [-0.05, 0) is 18.2 Å². The maximum atomic E-state index is 13.5. The van der Waals surface area contributed by atoms with Crippen molar-refractivity contribution in [2.24, 2.45) is 0 Å². The lowest BCUT2D eigenvalue weighted by Gasteiger charge is -2.08. The number of halogens is 4. The van der Waals surface area contributed by atoms with Gasteiger partial charge in [0.15, 0.2) is 0 Å². The molecule has 0 saturated heterocycles. The van der Waals surface area contributed by atoms with Crippen molar-refractivity contribution in [3.05, 3.63) is 56.7 Å². The summed E-state index contributed by atoms with van der Waals surface area (Å²) in [5.74, 6) is -1.14. The molecule has 1 heterocycles. The Bertz CT molecular complexity index is 512. The van der Waals surface area contributed by atoms with Crippen LogP contribution in [0.25, 0.3) is 0 Å². The summed E-state index contributed by atoms with van der Waals surface area (Å²) in [6.45, 7) is 0. The summed E-state index contributed by atoms with van der Waals surface area (Å²) in [4.78, 5) is 0.584. The molecule has 0 N–H and O–H groups in total. The molecule has 5 heteroatoms. The lowest BCUT2D eigenvalue weighted by molar-refractivity contribution is 0.574. The highest BCUT2D eigenvalue weighted by molar-refractivity contribution is 9.09. The molecule has 1 aromatic carbocycles. The lowest BCUT2D eigenvalue weighted by Crippen LogP contribution is -1.95. The largest absolute Gasteiger partial charge is 0.207 e. The van der Waals surface area contributed by atoms with Gasteiger partial charge in [0.25, 0.3) is 0 Å². The van der Waals surface area contributed by atoms with Crippen molar-refractivity contribution in [3.63, 3.8) is 0 Å². The minimum atomic E-state index is -0.579. The van der Waals surface area contributed by atoms with Crippen LogP contribution in [0.3, 0.4) is 0 Å². The highest BCUT2D eigenvalue weighted by atomic mass is 79.9. The maximum absolute atomic E-state index is 13.5. The summed E-state index contributed by atoms with van der Waals surface area (Å²) < 4.78 is 26.9. The van der Waals surface area contributed by atoms with Crippen LogP contribution in [0, 0.1) is 11.6 Å². The lowest BCUT2D eigenvalue weighted by atomic mass is 10.1. The van der Waals surface area contributed by atoms with Crippen molar-refractivity contribution >= 4 is 38.9 Å². The van der Waals surface area contributed by atoms with E-state index in [-0.39, 0.29) is 4.83 Å². The Kier molecular flexibility index (Phi) is 3.62. The molecule has 1 aromatic heterocycles. The normalized spacial score (nSPS) is 12.8. The number of rotatable bonds is 2. The Labute approximate surface area is 109 Å². The van der Waals surface area contributed by atoms with E-state index in [4.69, 9.17) is 11.6 Å². The zero-order valence-electron chi connectivity index (χ0n) is 7.88. The summed E-state index contributed by atoms with van der Waals surface area (Å²) in [6.07, 6.45) is 0. The standard InChI is InChI=1S/C11H6BrClF2S/c12-11(9-3-4-10(13)16-9)7-2-1-6(14)5-8(7)15/h1-5,11H. The van der Waals surface area contributed by atoms with Crippen LogP contribution in [0.4, 0.5) is 8.78 Å². The monoisotopic (exact) mass is 322 g/mol. The van der Waals surface area contributed by atoms with Crippen LogP contribution in [0.5, 0.6) is 0 Å². The first-order chi connectivity index (χ1) is 7.58. The highest BCUT2D eigenvalue weighted by Gasteiger charge is 2.16. The summed E-state index contributed by atoms with van der Waals surface area (Å²) in [5, 5.41) is 0. The average Bonchev–Trinajstić information content (AvgIpc) is 2.64. The Morgan fingerprint density at radius 3 is 2.50 bits per heavy atom. The fourth-order valence-corrected chi connectivity index (χ4v) is 3.19. The smallest absolute Gasteiger partial charge is 0.130 e. The van der Waals surface area contributed by atoms with Crippen LogP contribution >= 0.6 is 38.9 Å². The van der Waals surface area contributed by atoms with Crippen LogP contribution in [-0.4, -0.2) is 0 Å². The average molecular weight is 324 g/mol. The van der Waals surface area contributed by atoms with Gasteiger partial charge in [0, 0.05) is 16.5 Å². The minimum Gasteiger partial charge on any atom is -0.207 e. The molecule has 16 heavy (non-hydrogen) atoms. The van der Waals surface area contributed by atoms with Crippen LogP contribution in [0.15, 0.2) is 30.3 Å². The molecule has 0 aliphatic heterocycles. The summed E-state index contributed by atoms with van der Waals surface area (Å²) in [5.41, 5.74) is 0.403. The fraction of sp³-hybridized carbons (Fsp3) is 0.0909. The van der Waals surface area contributed by atoms with Crippen LogP contribution in [0.2, 0.25) is 4.34 Å². The van der Waals surface area contributed by atoms with E-state index < -0.39 is 11.6 Å². The molecule has 2 rings (SSSR count). The molecule has 2 aromatic rings. The van der Waals surface area contributed by atoms with Crippen molar-refractivity contribution in [1.82, 2.24) is 0 Å². The van der Waals surface area contributed by atoms with E-state index >= 15 is 0 Å². The van der Waals surface area contributed by atoms with E-state index in [0.717, 1.165) is 10.9 Å². The zero-order valence-corrected chi connectivity index (χ0v) is 11.0. The second kappa shape index (κ2) is 4.82. The molecule has 0 radical (unpaired) electrons. The van der Waals surface area contributed by atoms with E-state index in [1.54, 1.807) is 6.07 Å². The van der Waals surface area contributed by atoms with Crippen LogP contribution < -0.4 is 0 Å². The zero-order chi connectivity index (χ0) is 11.7. The van der Waals surface area contributed by atoms with Gasteiger partial charge in [-0.25, -0.2) is 8.78 Å². The molecular weight excluding hydrogens is 318 g/mol. The predicted octanol–water partition coefficient (Wildman–Crippen LogP) is 5.16. The summed E-state index contributed by atoms with van der Waals surface area (Å²) in [7, 11) is 0. The van der Waals surface area contributed by atoms with E-state index in [1.165, 1.54) is 23.5 Å². The maximum Gasteiger partial charge on any atom is 0.130 e. The van der Waals surface area contributed by atoms with Gasteiger partial charge in [0.05, 0.1) is 9.16 Å². The second-order valence-corrected chi connectivity index (χ2v) is 5.83. The van der Waals surface area contributed by atoms with Crippen molar-refractivity contribution in [2.75, 3.05) is 0 Å². The number of alkyl halides is 1. The first-order valence-electron chi connectivity index (χ1n) is 4.42. The Morgan fingerprint density at radius 2 is 1.94 bits per heavy atom. The van der Waals surface area contributed by atoms with E-state index in [0.29, 0.717) is 9.90 Å². The van der Waals surface area contributed by atoms with Crippen molar-refractivity contribution in [2.45, 2.75) is 4.83 Å². The van der Waals surface area contributed by atoms with Gasteiger partial charge in [-0.15, -0.1) is 11.3 Å². The first-order valence-corrected chi connectivity index (χ1v) is 6.53. The molecule has 0 aliphatic carbocycles. The van der Waals surface area contributed by atoms with Gasteiger partial charge < -0.3 is 0 Å². The van der Waals surface area contributed by atoms with Crippen molar-refractivity contribution < 1.29 is 8.78 Å². The van der Waals surface area contributed by atoms with Gasteiger partial charge in [0.1, 0.15) is 11.6 Å². The van der Waals surface area contributed by atoms with Crippen molar-refractivity contribution in [1.29, 1.82) is 0 Å². The van der Waals surface area contributed by atoms with Gasteiger partial charge >= 0.3 is 0 Å². The molecule has 0 bridgehead atoms. The molecule has 1 unspecified atom stereocenters. The predicted molar refractivity (Wildman–Crippen MR) is 66.5 cm³/mol. The van der Waals surface area contributed by atoms with E-state index in [2.05, 4.69) is 15.9 Å². The molecule has 84 valence electrons. The molecule has 1 atom stereocenters. The molecule has 0 nitrogen and oxygen atoms in total.